The van der Waals surface area contributed by atoms with Crippen LogP contribution >= 0.6 is 0 Å². The summed E-state index contributed by atoms with van der Waals surface area (Å²) in [7, 11) is 0. The van der Waals surface area contributed by atoms with Gasteiger partial charge in [0.1, 0.15) is 0 Å². The van der Waals surface area contributed by atoms with Gasteiger partial charge in [-0.3, -0.25) is 4.57 Å². The summed E-state index contributed by atoms with van der Waals surface area (Å²) in [5.74, 6) is 1.87. The largest absolute Gasteiger partial charge is 0.307 e. The van der Waals surface area contributed by atoms with Gasteiger partial charge in [-0.15, -0.1) is 0 Å². The Kier molecular flexibility index (Phi) is 6.55. The molecule has 0 spiro atoms. The molecule has 3 heterocycles. The summed E-state index contributed by atoms with van der Waals surface area (Å²) < 4.78 is 4.65. The van der Waals surface area contributed by atoms with E-state index < -0.39 is 0 Å². The van der Waals surface area contributed by atoms with Crippen molar-refractivity contribution in [2.75, 3.05) is 0 Å². The van der Waals surface area contributed by atoms with Crippen molar-refractivity contribution in [3.05, 3.63) is 187 Å². The van der Waals surface area contributed by atoms with E-state index >= 15 is 0 Å². The highest BCUT2D eigenvalue weighted by molar-refractivity contribution is 6.23. The lowest BCUT2D eigenvalue weighted by atomic mass is 10.0. The van der Waals surface area contributed by atoms with E-state index in [0.29, 0.717) is 17.6 Å². The molecule has 0 unspecified atom stereocenters. The quantitative estimate of drug-likeness (QED) is 0.182. The fraction of sp³-hybridized carbons (Fsp3) is 0.0208. The van der Waals surface area contributed by atoms with Gasteiger partial charge in [0.05, 0.1) is 22.1 Å². The second-order valence-corrected chi connectivity index (χ2v) is 13.6. The maximum Gasteiger partial charge on any atom is 0.238 e. The van der Waals surface area contributed by atoms with Crippen molar-refractivity contribution in [2.45, 2.75) is 6.42 Å². The molecule has 0 saturated carbocycles. The summed E-state index contributed by atoms with van der Waals surface area (Å²) in [4.78, 5) is 15.9. The molecule has 3 aromatic heterocycles. The average molecular weight is 678 g/mol. The molecule has 0 N–H and O–H groups in total. The highest BCUT2D eigenvalue weighted by Gasteiger charge is 2.25. The third-order valence-electron chi connectivity index (χ3n) is 10.6. The number of para-hydroxylation sites is 3. The molecule has 0 atom stereocenters. The van der Waals surface area contributed by atoms with Crippen molar-refractivity contribution in [1.29, 1.82) is 0 Å². The molecule has 0 bridgehead atoms. The van der Waals surface area contributed by atoms with E-state index in [1.807, 2.05) is 18.2 Å². The molecule has 53 heavy (non-hydrogen) atoms. The van der Waals surface area contributed by atoms with Gasteiger partial charge < -0.3 is 4.57 Å². The van der Waals surface area contributed by atoms with E-state index in [1.54, 1.807) is 0 Å². The summed E-state index contributed by atoms with van der Waals surface area (Å²) in [5.41, 5.74) is 12.4. The molecule has 5 heteroatoms. The average Bonchev–Trinajstić information content (AvgIpc) is 3.92. The number of allylic oxidation sites excluding steroid dienone is 1. The molecule has 5 nitrogen and oxygen atoms in total. The Labute approximate surface area is 305 Å². The van der Waals surface area contributed by atoms with Gasteiger partial charge in [0.15, 0.2) is 11.6 Å². The fourth-order valence-electron chi connectivity index (χ4n) is 8.26. The standard InChI is InChI=1S/C48H31N5/c1-4-15-31(16-5-1)34-29-33-19-14-24-40(41(33)30-34)47-49-46(32-17-6-2-7-18-32)50-48(51-47)53-43-26-13-11-23-37(43)39-28-27-38-36-22-10-12-25-42(36)52(44(38)45(39)53)35-20-8-3-9-21-35/h1-28,30H,29H2. The van der Waals surface area contributed by atoms with Crippen LogP contribution in [0.2, 0.25) is 0 Å². The second kappa shape index (κ2) is 11.7. The van der Waals surface area contributed by atoms with Crippen molar-refractivity contribution >= 4 is 55.3 Å². The van der Waals surface area contributed by atoms with E-state index in [-0.39, 0.29) is 0 Å². The molecule has 11 rings (SSSR count). The minimum Gasteiger partial charge on any atom is -0.307 e. The third kappa shape index (κ3) is 4.61. The van der Waals surface area contributed by atoms with Crippen LogP contribution in [0.1, 0.15) is 16.7 Å². The summed E-state index contributed by atoms with van der Waals surface area (Å²) in [5, 5.41) is 4.67. The third-order valence-corrected chi connectivity index (χ3v) is 10.6. The molecule has 0 amide bonds. The number of hydrogen-bond acceptors (Lipinski definition) is 3. The number of hydrogen-bond donors (Lipinski definition) is 0. The normalized spacial score (nSPS) is 12.6. The van der Waals surface area contributed by atoms with E-state index in [2.05, 4.69) is 167 Å². The Morgan fingerprint density at radius 2 is 0.981 bits per heavy atom. The summed E-state index contributed by atoms with van der Waals surface area (Å²) in [6, 6.07) is 59.8. The molecular formula is C48H31N5. The van der Waals surface area contributed by atoms with Crippen LogP contribution in [0, 0.1) is 0 Å². The maximum atomic E-state index is 5.41. The van der Waals surface area contributed by atoms with Crippen molar-refractivity contribution in [2.24, 2.45) is 0 Å². The molecule has 248 valence electrons. The van der Waals surface area contributed by atoms with Crippen LogP contribution in [0.25, 0.3) is 89.7 Å². The molecule has 7 aromatic carbocycles. The number of nitrogens with zero attached hydrogens (tertiary/aromatic N) is 5. The zero-order valence-corrected chi connectivity index (χ0v) is 28.7. The van der Waals surface area contributed by atoms with Gasteiger partial charge in [0.2, 0.25) is 5.95 Å². The maximum absolute atomic E-state index is 5.41. The summed E-state index contributed by atoms with van der Waals surface area (Å²) in [6.07, 6.45) is 3.18. The lowest BCUT2D eigenvalue weighted by Crippen LogP contribution is -2.07. The molecule has 0 radical (unpaired) electrons. The Balaban J connectivity index is 1.25. The number of fused-ring (bicyclic) bond motifs is 8. The number of rotatable bonds is 5. The first kappa shape index (κ1) is 29.6. The number of aromatic nitrogens is 5. The van der Waals surface area contributed by atoms with Crippen LogP contribution in [0.3, 0.4) is 0 Å². The van der Waals surface area contributed by atoms with Crippen LogP contribution in [-0.4, -0.2) is 24.1 Å². The Hall–Kier alpha value is -7.11. The van der Waals surface area contributed by atoms with E-state index in [1.165, 1.54) is 27.5 Å². The first-order chi connectivity index (χ1) is 26.3. The van der Waals surface area contributed by atoms with Crippen LogP contribution in [0.4, 0.5) is 0 Å². The monoisotopic (exact) mass is 677 g/mol. The van der Waals surface area contributed by atoms with Gasteiger partial charge in [-0.2, -0.15) is 9.97 Å². The second-order valence-electron chi connectivity index (χ2n) is 13.6. The highest BCUT2D eigenvalue weighted by Crippen LogP contribution is 2.42. The van der Waals surface area contributed by atoms with Crippen molar-refractivity contribution in [3.8, 4) is 34.4 Å². The molecule has 0 aliphatic heterocycles. The molecular weight excluding hydrogens is 647 g/mol. The van der Waals surface area contributed by atoms with Gasteiger partial charge >= 0.3 is 0 Å². The van der Waals surface area contributed by atoms with Gasteiger partial charge in [0.25, 0.3) is 0 Å². The van der Waals surface area contributed by atoms with Gasteiger partial charge in [-0.05, 0) is 59.0 Å². The summed E-state index contributed by atoms with van der Waals surface area (Å²) >= 11 is 0. The van der Waals surface area contributed by atoms with E-state index in [0.717, 1.165) is 61.6 Å². The van der Waals surface area contributed by atoms with Gasteiger partial charge in [0, 0.05) is 38.4 Å². The molecule has 1 aliphatic carbocycles. The first-order valence-corrected chi connectivity index (χ1v) is 18.0. The zero-order chi connectivity index (χ0) is 34.9. The van der Waals surface area contributed by atoms with Gasteiger partial charge in [-0.25, -0.2) is 4.98 Å². The number of benzene rings is 7. The molecule has 0 fully saturated rings. The molecule has 10 aromatic rings. The lowest BCUT2D eigenvalue weighted by molar-refractivity contribution is 0.953. The summed E-state index contributed by atoms with van der Waals surface area (Å²) in [6.45, 7) is 0. The lowest BCUT2D eigenvalue weighted by Gasteiger charge is -2.14. The molecule has 0 saturated heterocycles. The smallest absolute Gasteiger partial charge is 0.238 e. The van der Waals surface area contributed by atoms with Crippen LogP contribution in [-0.2, 0) is 6.42 Å². The topological polar surface area (TPSA) is 48.5 Å². The highest BCUT2D eigenvalue weighted by atomic mass is 15.2. The Morgan fingerprint density at radius 1 is 0.415 bits per heavy atom. The Bertz CT molecular complexity index is 3060. The fourth-order valence-corrected chi connectivity index (χ4v) is 8.26. The van der Waals surface area contributed by atoms with Crippen molar-refractivity contribution < 1.29 is 0 Å². The van der Waals surface area contributed by atoms with Gasteiger partial charge in [-0.1, -0.05) is 146 Å². The minimum absolute atomic E-state index is 0.584. The predicted octanol–water partition coefficient (Wildman–Crippen LogP) is 11.5. The van der Waals surface area contributed by atoms with Crippen molar-refractivity contribution in [1.82, 2.24) is 24.1 Å². The van der Waals surface area contributed by atoms with Crippen molar-refractivity contribution in [3.63, 3.8) is 0 Å². The van der Waals surface area contributed by atoms with Crippen LogP contribution in [0.15, 0.2) is 170 Å². The van der Waals surface area contributed by atoms with E-state index in [4.69, 9.17) is 15.0 Å². The SMILES string of the molecule is C1=C(c2ccccc2)Cc2cccc(-c3nc(-c4ccccc4)nc(-n4c5ccccc5c5ccc6c7ccccc7n(-c7ccccc7)c6c54)n3)c21. The minimum atomic E-state index is 0.584. The molecule has 1 aliphatic rings. The zero-order valence-electron chi connectivity index (χ0n) is 28.7. The van der Waals surface area contributed by atoms with E-state index in [9.17, 15) is 0 Å². The Morgan fingerprint density at radius 3 is 1.68 bits per heavy atom. The van der Waals surface area contributed by atoms with Crippen LogP contribution in [0.5, 0.6) is 0 Å². The van der Waals surface area contributed by atoms with Crippen LogP contribution < -0.4 is 0 Å². The first-order valence-electron chi connectivity index (χ1n) is 18.0. The predicted molar refractivity (Wildman–Crippen MR) is 217 cm³/mol.